The second kappa shape index (κ2) is 7.11. The number of carbonyl (C=O) groups excluding carboxylic acids is 2. The molecule has 0 radical (unpaired) electrons. The number of rotatable bonds is 5. The van der Waals surface area contributed by atoms with Crippen LogP contribution in [-0.4, -0.2) is 38.2 Å². The van der Waals surface area contributed by atoms with Crippen LogP contribution in [-0.2, 0) is 14.3 Å². The largest absolute Gasteiger partial charge is 0.465 e. The van der Waals surface area contributed by atoms with Gasteiger partial charge in [0.1, 0.15) is 6.61 Å². The lowest BCUT2D eigenvalue weighted by Gasteiger charge is -2.16. The lowest BCUT2D eigenvalue weighted by Crippen LogP contribution is -2.43. The van der Waals surface area contributed by atoms with Crippen molar-refractivity contribution in [2.24, 2.45) is 0 Å². The molecule has 5 nitrogen and oxygen atoms in total. The molecule has 0 fully saturated rings. The van der Waals surface area contributed by atoms with Crippen LogP contribution in [0.3, 0.4) is 0 Å². The Labute approximate surface area is 148 Å². The van der Waals surface area contributed by atoms with Crippen LogP contribution in [0, 0.1) is 0 Å². The van der Waals surface area contributed by atoms with Crippen molar-refractivity contribution < 1.29 is 27.8 Å². The van der Waals surface area contributed by atoms with Crippen LogP contribution in [0.2, 0.25) is 0 Å². The van der Waals surface area contributed by atoms with E-state index in [-0.39, 0.29) is 12.5 Å². The Kier molecular flexibility index (Phi) is 4.88. The average molecular weight is 361 g/mol. The number of alkyl halides is 2. The van der Waals surface area contributed by atoms with Crippen molar-refractivity contribution in [2.75, 3.05) is 20.3 Å². The third-order valence-electron chi connectivity index (χ3n) is 4.28. The van der Waals surface area contributed by atoms with Gasteiger partial charge in [0.15, 0.2) is 0 Å². The zero-order valence-corrected chi connectivity index (χ0v) is 14.0. The molecule has 26 heavy (non-hydrogen) atoms. The summed E-state index contributed by atoms with van der Waals surface area (Å²) >= 11 is 0. The van der Waals surface area contributed by atoms with Gasteiger partial charge in [0.05, 0.1) is 13.7 Å². The van der Waals surface area contributed by atoms with Crippen molar-refractivity contribution in [3.8, 4) is 11.1 Å². The summed E-state index contributed by atoms with van der Waals surface area (Å²) in [5.41, 5.74) is 4.16. The predicted molar refractivity (Wildman–Crippen MR) is 90.0 cm³/mol. The number of amides is 1. The van der Waals surface area contributed by atoms with Gasteiger partial charge < -0.3 is 14.8 Å². The van der Waals surface area contributed by atoms with E-state index >= 15 is 0 Å². The van der Waals surface area contributed by atoms with Crippen LogP contribution in [0.1, 0.15) is 17.0 Å². The van der Waals surface area contributed by atoms with Gasteiger partial charge in [0, 0.05) is 5.92 Å². The molecule has 1 aliphatic carbocycles. The van der Waals surface area contributed by atoms with E-state index in [1.54, 1.807) is 0 Å². The van der Waals surface area contributed by atoms with Gasteiger partial charge in [-0.25, -0.2) is 9.59 Å². The summed E-state index contributed by atoms with van der Waals surface area (Å²) in [7, 11) is 0.851. The van der Waals surface area contributed by atoms with E-state index in [2.05, 4.69) is 4.74 Å². The third-order valence-corrected chi connectivity index (χ3v) is 4.28. The van der Waals surface area contributed by atoms with E-state index in [0.29, 0.717) is 0 Å². The average Bonchev–Trinajstić information content (AvgIpc) is 2.98. The van der Waals surface area contributed by atoms with Crippen LogP contribution in [0.5, 0.6) is 0 Å². The highest BCUT2D eigenvalue weighted by Gasteiger charge is 2.40. The molecule has 0 unspecified atom stereocenters. The molecule has 1 N–H and O–H groups in total. The first-order chi connectivity index (χ1) is 12.4. The minimum Gasteiger partial charge on any atom is -0.465 e. The molecule has 0 saturated carbocycles. The SMILES string of the molecule is COC(=O)C(F)(F)CNC(=O)OCC1c2ccccc2-c2ccccc21. The molecule has 0 aliphatic heterocycles. The maximum absolute atomic E-state index is 13.4. The number of fused-ring (bicyclic) bond motifs is 3. The summed E-state index contributed by atoms with van der Waals surface area (Å²) in [5, 5.41) is 1.90. The van der Waals surface area contributed by atoms with Gasteiger partial charge in [0.2, 0.25) is 0 Å². The van der Waals surface area contributed by atoms with Crippen molar-refractivity contribution in [3.63, 3.8) is 0 Å². The fourth-order valence-electron chi connectivity index (χ4n) is 3.05. The Morgan fingerprint density at radius 3 is 2.12 bits per heavy atom. The number of methoxy groups -OCH3 is 1. The van der Waals surface area contributed by atoms with Crippen LogP contribution in [0.25, 0.3) is 11.1 Å². The number of alkyl carbamates (subject to hydrolysis) is 1. The minimum absolute atomic E-state index is 0.00363. The van der Waals surface area contributed by atoms with Gasteiger partial charge in [-0.3, -0.25) is 0 Å². The molecule has 0 saturated heterocycles. The summed E-state index contributed by atoms with van der Waals surface area (Å²) in [4.78, 5) is 22.7. The standard InChI is InChI=1S/C19H17F2NO4/c1-25-17(23)19(20,21)11-22-18(24)26-10-16-14-8-4-2-6-12(14)13-7-3-5-9-15(13)16/h2-9,16H,10-11H2,1H3,(H,22,24). The van der Waals surface area contributed by atoms with Crippen molar-refractivity contribution in [2.45, 2.75) is 11.8 Å². The second-order valence-electron chi connectivity index (χ2n) is 5.88. The molecule has 0 aromatic heterocycles. The molecule has 0 bridgehead atoms. The predicted octanol–water partition coefficient (Wildman–Crippen LogP) is 3.33. The Bertz CT molecular complexity index is 792. The van der Waals surface area contributed by atoms with Crippen molar-refractivity contribution in [3.05, 3.63) is 59.7 Å². The fraction of sp³-hybridized carbons (Fsp3) is 0.263. The van der Waals surface area contributed by atoms with Gasteiger partial charge in [0.25, 0.3) is 0 Å². The zero-order valence-electron chi connectivity index (χ0n) is 14.0. The number of hydrogen-bond donors (Lipinski definition) is 1. The van der Waals surface area contributed by atoms with Crippen LogP contribution >= 0.6 is 0 Å². The molecule has 1 amide bonds. The molecule has 0 spiro atoms. The maximum atomic E-state index is 13.4. The van der Waals surface area contributed by atoms with Gasteiger partial charge in [-0.1, -0.05) is 48.5 Å². The first-order valence-electron chi connectivity index (χ1n) is 7.99. The second-order valence-corrected chi connectivity index (χ2v) is 5.88. The maximum Gasteiger partial charge on any atom is 0.407 e. The van der Waals surface area contributed by atoms with E-state index in [9.17, 15) is 18.4 Å². The molecular weight excluding hydrogens is 344 g/mol. The molecule has 7 heteroatoms. The molecule has 0 heterocycles. The number of benzene rings is 2. The monoisotopic (exact) mass is 361 g/mol. The van der Waals surface area contributed by atoms with E-state index in [0.717, 1.165) is 29.4 Å². The lowest BCUT2D eigenvalue weighted by atomic mass is 9.98. The molecule has 2 aromatic rings. The zero-order chi connectivity index (χ0) is 18.7. The first-order valence-corrected chi connectivity index (χ1v) is 7.99. The Morgan fingerprint density at radius 1 is 1.04 bits per heavy atom. The van der Waals surface area contributed by atoms with Crippen LogP contribution in [0.15, 0.2) is 48.5 Å². The molecular formula is C19H17F2NO4. The number of nitrogens with one attached hydrogen (secondary N) is 1. The number of halogens is 2. The Hall–Kier alpha value is -2.96. The van der Waals surface area contributed by atoms with Crippen LogP contribution in [0.4, 0.5) is 13.6 Å². The lowest BCUT2D eigenvalue weighted by molar-refractivity contribution is -0.167. The van der Waals surface area contributed by atoms with E-state index in [1.807, 2.05) is 53.8 Å². The molecule has 2 aromatic carbocycles. The quantitative estimate of drug-likeness (QED) is 0.830. The summed E-state index contributed by atoms with van der Waals surface area (Å²) in [6.07, 6.45) is -1.02. The smallest absolute Gasteiger partial charge is 0.407 e. The van der Waals surface area contributed by atoms with Gasteiger partial charge in [-0.2, -0.15) is 8.78 Å². The number of ether oxygens (including phenoxy) is 2. The topological polar surface area (TPSA) is 64.6 Å². The summed E-state index contributed by atoms with van der Waals surface area (Å²) in [6.45, 7) is -1.18. The van der Waals surface area contributed by atoms with E-state index in [4.69, 9.17) is 4.74 Å². The minimum atomic E-state index is -3.81. The summed E-state index contributed by atoms with van der Waals surface area (Å²) in [6, 6.07) is 15.5. The highest BCUT2D eigenvalue weighted by atomic mass is 19.3. The van der Waals surface area contributed by atoms with Gasteiger partial charge in [-0.15, -0.1) is 0 Å². The fourth-order valence-corrected chi connectivity index (χ4v) is 3.05. The van der Waals surface area contributed by atoms with Crippen molar-refractivity contribution >= 4 is 12.1 Å². The van der Waals surface area contributed by atoms with Crippen molar-refractivity contribution in [1.29, 1.82) is 0 Å². The molecule has 136 valence electrons. The van der Waals surface area contributed by atoms with Gasteiger partial charge in [-0.05, 0) is 22.3 Å². The van der Waals surface area contributed by atoms with E-state index < -0.39 is 24.5 Å². The molecule has 3 rings (SSSR count). The highest BCUT2D eigenvalue weighted by Crippen LogP contribution is 2.44. The van der Waals surface area contributed by atoms with Crippen LogP contribution < -0.4 is 5.32 Å². The normalized spacial score (nSPS) is 12.9. The third kappa shape index (κ3) is 3.37. The van der Waals surface area contributed by atoms with Gasteiger partial charge >= 0.3 is 18.0 Å². The van der Waals surface area contributed by atoms with E-state index in [1.165, 1.54) is 0 Å². The number of esters is 1. The Morgan fingerprint density at radius 2 is 1.58 bits per heavy atom. The molecule has 0 atom stereocenters. The summed E-state index contributed by atoms with van der Waals surface area (Å²) < 4.78 is 35.8. The first kappa shape index (κ1) is 17.8. The van der Waals surface area contributed by atoms with Crippen molar-refractivity contribution in [1.82, 2.24) is 5.32 Å². The highest BCUT2D eigenvalue weighted by molar-refractivity contribution is 5.80. The number of hydrogen-bond acceptors (Lipinski definition) is 4. The Balaban J connectivity index is 1.65. The number of carbonyl (C=O) groups is 2. The summed E-state index contributed by atoms with van der Waals surface area (Å²) in [5.74, 6) is -5.69. The molecule has 1 aliphatic rings.